The molecule has 3 rings (SSSR count). The predicted octanol–water partition coefficient (Wildman–Crippen LogP) is 5.35. The van der Waals surface area contributed by atoms with E-state index in [-0.39, 0.29) is 5.75 Å². The van der Waals surface area contributed by atoms with E-state index >= 15 is 0 Å². The Balaban J connectivity index is 1.83. The van der Waals surface area contributed by atoms with Crippen molar-refractivity contribution in [2.75, 3.05) is 0 Å². The van der Waals surface area contributed by atoms with Crippen molar-refractivity contribution in [3.63, 3.8) is 0 Å². The predicted molar refractivity (Wildman–Crippen MR) is 101 cm³/mol. The summed E-state index contributed by atoms with van der Waals surface area (Å²) < 4.78 is 0. The van der Waals surface area contributed by atoms with Crippen molar-refractivity contribution < 1.29 is 5.11 Å². The third-order valence-electron chi connectivity index (χ3n) is 4.19. The van der Waals surface area contributed by atoms with Crippen molar-refractivity contribution >= 4 is 11.9 Å². The molecule has 0 fully saturated rings. The van der Waals surface area contributed by atoms with Gasteiger partial charge in [0.1, 0.15) is 5.75 Å². The molecule has 24 heavy (non-hydrogen) atoms. The summed E-state index contributed by atoms with van der Waals surface area (Å²) in [5.41, 5.74) is 6.50. The number of hydrogen-bond donors (Lipinski definition) is 1. The Morgan fingerprint density at radius 2 is 1.62 bits per heavy atom. The number of nitrogens with zero attached hydrogens (tertiary/aromatic N) is 1. The second kappa shape index (κ2) is 7.14. The van der Waals surface area contributed by atoms with Crippen LogP contribution in [-0.2, 0) is 6.42 Å². The molecule has 0 bridgehead atoms. The maximum atomic E-state index is 10.1. The molecule has 0 spiro atoms. The van der Waals surface area contributed by atoms with Crippen LogP contribution in [0.15, 0.2) is 71.7 Å². The van der Waals surface area contributed by atoms with Crippen molar-refractivity contribution in [3.05, 3.63) is 94.5 Å². The molecule has 0 saturated carbocycles. The van der Waals surface area contributed by atoms with Gasteiger partial charge in [-0.15, -0.1) is 0 Å². The minimum absolute atomic E-state index is 0.249. The third-order valence-corrected chi connectivity index (χ3v) is 4.19. The summed E-state index contributed by atoms with van der Waals surface area (Å²) in [7, 11) is 0. The second-order valence-electron chi connectivity index (χ2n) is 6.08. The smallest absolute Gasteiger partial charge is 0.124 e. The highest BCUT2D eigenvalue weighted by Crippen LogP contribution is 2.21. The lowest BCUT2D eigenvalue weighted by Gasteiger charge is -2.05. The van der Waals surface area contributed by atoms with E-state index in [1.807, 2.05) is 36.4 Å². The molecule has 0 saturated heterocycles. The van der Waals surface area contributed by atoms with Crippen molar-refractivity contribution in [3.8, 4) is 5.75 Å². The number of phenols is 1. The molecule has 3 aromatic rings. The van der Waals surface area contributed by atoms with E-state index in [0.29, 0.717) is 0 Å². The van der Waals surface area contributed by atoms with Crippen LogP contribution in [-0.4, -0.2) is 11.3 Å². The quantitative estimate of drug-likeness (QED) is 0.647. The zero-order valence-corrected chi connectivity index (χ0v) is 14.0. The van der Waals surface area contributed by atoms with Crippen LogP contribution >= 0.6 is 0 Å². The zero-order valence-electron chi connectivity index (χ0n) is 14.0. The molecule has 0 aliphatic heterocycles. The Bertz CT molecular complexity index is 866. The Morgan fingerprint density at radius 1 is 0.833 bits per heavy atom. The van der Waals surface area contributed by atoms with Gasteiger partial charge < -0.3 is 5.11 Å². The van der Waals surface area contributed by atoms with Gasteiger partial charge in [-0.05, 0) is 66.8 Å². The summed E-state index contributed by atoms with van der Waals surface area (Å²) >= 11 is 0. The molecule has 0 radical (unpaired) electrons. The average molecular weight is 315 g/mol. The summed E-state index contributed by atoms with van der Waals surface area (Å²) in [6, 6.07) is 22.1. The van der Waals surface area contributed by atoms with Crippen molar-refractivity contribution in [1.82, 2.24) is 0 Å². The van der Waals surface area contributed by atoms with Crippen LogP contribution in [0.5, 0.6) is 5.75 Å². The Labute approximate surface area is 143 Å². The first-order valence-electron chi connectivity index (χ1n) is 8.09. The van der Waals surface area contributed by atoms with Gasteiger partial charge in [-0.3, -0.25) is 4.99 Å². The molecule has 0 aliphatic rings. The lowest BCUT2D eigenvalue weighted by atomic mass is 10.0. The van der Waals surface area contributed by atoms with Crippen LogP contribution < -0.4 is 0 Å². The first-order valence-corrected chi connectivity index (χ1v) is 8.09. The standard InChI is InChI=1S/C22H21NO/c1-16-8-10-21(12-17(16)2)23-15-20-14-19(9-11-22(20)24)13-18-6-4-3-5-7-18/h3-12,14-15,24H,13H2,1-2H3. The zero-order chi connectivity index (χ0) is 16.9. The Hall–Kier alpha value is -2.87. The van der Waals surface area contributed by atoms with Crippen molar-refractivity contribution in [2.45, 2.75) is 20.3 Å². The number of phenolic OH excluding ortho intramolecular Hbond substituents is 1. The maximum Gasteiger partial charge on any atom is 0.124 e. The fraction of sp³-hybridized carbons (Fsp3) is 0.136. The molecule has 0 amide bonds. The molecule has 0 heterocycles. The topological polar surface area (TPSA) is 32.6 Å². The molecule has 0 aliphatic carbocycles. The fourth-order valence-electron chi connectivity index (χ4n) is 2.60. The molecule has 0 atom stereocenters. The first-order chi connectivity index (χ1) is 11.6. The van der Waals surface area contributed by atoms with Crippen LogP contribution in [0.2, 0.25) is 0 Å². The first kappa shape index (κ1) is 16.0. The van der Waals surface area contributed by atoms with Gasteiger partial charge in [0.25, 0.3) is 0 Å². The summed E-state index contributed by atoms with van der Waals surface area (Å²) in [5.74, 6) is 0.249. The van der Waals surface area contributed by atoms with Gasteiger partial charge in [0.05, 0.1) is 5.69 Å². The van der Waals surface area contributed by atoms with Gasteiger partial charge >= 0.3 is 0 Å². The summed E-state index contributed by atoms with van der Waals surface area (Å²) in [6.45, 7) is 4.16. The lowest BCUT2D eigenvalue weighted by molar-refractivity contribution is 0.474. The SMILES string of the molecule is Cc1ccc(N=Cc2cc(Cc3ccccc3)ccc2O)cc1C. The highest BCUT2D eigenvalue weighted by Gasteiger charge is 2.02. The largest absolute Gasteiger partial charge is 0.507 e. The molecule has 2 heteroatoms. The van der Waals surface area contributed by atoms with E-state index in [4.69, 9.17) is 0 Å². The summed E-state index contributed by atoms with van der Waals surface area (Å²) in [4.78, 5) is 4.50. The van der Waals surface area contributed by atoms with Crippen LogP contribution in [0, 0.1) is 13.8 Å². The van der Waals surface area contributed by atoms with E-state index in [1.165, 1.54) is 16.7 Å². The molecule has 0 aromatic heterocycles. The minimum atomic E-state index is 0.249. The molecule has 0 unspecified atom stereocenters. The lowest BCUT2D eigenvalue weighted by Crippen LogP contribution is -1.91. The number of aryl methyl sites for hydroxylation is 2. The van der Waals surface area contributed by atoms with Crippen molar-refractivity contribution in [2.24, 2.45) is 4.99 Å². The maximum absolute atomic E-state index is 10.1. The van der Waals surface area contributed by atoms with Gasteiger partial charge in [-0.25, -0.2) is 0 Å². The monoisotopic (exact) mass is 315 g/mol. The van der Waals surface area contributed by atoms with Gasteiger partial charge in [-0.1, -0.05) is 42.5 Å². The molecule has 120 valence electrons. The van der Waals surface area contributed by atoms with Crippen LogP contribution in [0.1, 0.15) is 27.8 Å². The summed E-state index contributed by atoms with van der Waals surface area (Å²) in [5, 5.41) is 10.1. The van der Waals surface area contributed by atoms with E-state index in [9.17, 15) is 5.11 Å². The van der Waals surface area contributed by atoms with Gasteiger partial charge in [0.2, 0.25) is 0 Å². The third kappa shape index (κ3) is 3.90. The number of aliphatic imine (C=N–C) groups is 1. The van der Waals surface area contributed by atoms with Gasteiger partial charge in [0, 0.05) is 11.8 Å². The van der Waals surface area contributed by atoms with Crippen LogP contribution in [0.25, 0.3) is 0 Å². The van der Waals surface area contributed by atoms with Gasteiger partial charge in [0.15, 0.2) is 0 Å². The van der Waals surface area contributed by atoms with E-state index in [2.05, 4.69) is 43.1 Å². The van der Waals surface area contributed by atoms with E-state index in [0.717, 1.165) is 23.2 Å². The average Bonchev–Trinajstić information content (AvgIpc) is 2.59. The fourth-order valence-corrected chi connectivity index (χ4v) is 2.60. The number of rotatable bonds is 4. The van der Waals surface area contributed by atoms with Crippen LogP contribution in [0.3, 0.4) is 0 Å². The van der Waals surface area contributed by atoms with Crippen LogP contribution in [0.4, 0.5) is 5.69 Å². The highest BCUT2D eigenvalue weighted by atomic mass is 16.3. The van der Waals surface area contributed by atoms with Gasteiger partial charge in [-0.2, -0.15) is 0 Å². The minimum Gasteiger partial charge on any atom is -0.507 e. The highest BCUT2D eigenvalue weighted by molar-refractivity contribution is 5.85. The molecule has 2 nitrogen and oxygen atoms in total. The number of aromatic hydroxyl groups is 1. The second-order valence-corrected chi connectivity index (χ2v) is 6.08. The van der Waals surface area contributed by atoms with E-state index in [1.54, 1.807) is 12.3 Å². The molecule has 3 aromatic carbocycles. The Kier molecular flexibility index (Phi) is 4.76. The molecular formula is C22H21NO. The van der Waals surface area contributed by atoms with Crippen molar-refractivity contribution in [1.29, 1.82) is 0 Å². The Morgan fingerprint density at radius 3 is 2.38 bits per heavy atom. The normalized spacial score (nSPS) is 11.1. The van der Waals surface area contributed by atoms with E-state index < -0.39 is 0 Å². The number of benzene rings is 3. The molecule has 1 N–H and O–H groups in total. The molecular weight excluding hydrogens is 294 g/mol. The number of hydrogen-bond acceptors (Lipinski definition) is 2. The summed E-state index contributed by atoms with van der Waals surface area (Å²) in [6.07, 6.45) is 2.57.